The van der Waals surface area contributed by atoms with Crippen LogP contribution in [0.1, 0.15) is 30.7 Å². The highest BCUT2D eigenvalue weighted by Gasteiger charge is 2.12. The first-order valence-electron chi connectivity index (χ1n) is 9.11. The molecule has 1 aliphatic heterocycles. The van der Waals surface area contributed by atoms with Crippen molar-refractivity contribution >= 4 is 33.9 Å². The summed E-state index contributed by atoms with van der Waals surface area (Å²) in [4.78, 5) is 9.68. The first-order chi connectivity index (χ1) is 12.7. The molecule has 2 aromatic carbocycles. The summed E-state index contributed by atoms with van der Waals surface area (Å²) in [5.41, 5.74) is 4.08. The van der Waals surface area contributed by atoms with Crippen LogP contribution in [0.5, 0.6) is 0 Å². The van der Waals surface area contributed by atoms with Crippen molar-refractivity contribution in [1.82, 2.24) is 9.55 Å². The fourth-order valence-corrected chi connectivity index (χ4v) is 3.59. The fraction of sp³-hybridized carbons (Fsp3) is 0.286. The second-order valence-electron chi connectivity index (χ2n) is 6.74. The number of nitrogens with zero attached hydrogens (tertiary/aromatic N) is 3. The van der Waals surface area contributed by atoms with Crippen molar-refractivity contribution in [3.05, 3.63) is 65.4 Å². The molecule has 0 radical (unpaired) electrons. The molecule has 0 amide bonds. The van der Waals surface area contributed by atoms with Crippen LogP contribution in [0.3, 0.4) is 0 Å². The van der Waals surface area contributed by atoms with E-state index < -0.39 is 0 Å². The lowest BCUT2D eigenvalue weighted by Gasteiger charge is -2.13. The maximum Gasteiger partial charge on any atom is 0.199 e. The maximum absolute atomic E-state index is 5.54. The van der Waals surface area contributed by atoms with Crippen molar-refractivity contribution in [2.75, 3.05) is 5.32 Å². The van der Waals surface area contributed by atoms with Crippen molar-refractivity contribution < 1.29 is 0 Å². The second kappa shape index (κ2) is 7.38. The van der Waals surface area contributed by atoms with E-state index in [-0.39, 0.29) is 0 Å². The Morgan fingerprint density at radius 3 is 2.73 bits per heavy atom. The molecule has 0 fully saturated rings. The number of rotatable bonds is 1. The number of nitrogens with one attached hydrogen (secondary N) is 1. The molecule has 0 aliphatic carbocycles. The Morgan fingerprint density at radius 2 is 1.88 bits per heavy atom. The van der Waals surface area contributed by atoms with Gasteiger partial charge in [-0.15, -0.1) is 0 Å². The molecular weight excluding hydrogens is 340 g/mol. The average molecular weight is 363 g/mol. The third-order valence-electron chi connectivity index (χ3n) is 4.75. The minimum Gasteiger partial charge on any atom is -0.331 e. The number of benzene rings is 2. The van der Waals surface area contributed by atoms with Crippen molar-refractivity contribution in [3.63, 3.8) is 0 Å². The summed E-state index contributed by atoms with van der Waals surface area (Å²) in [6.45, 7) is 3.01. The number of aryl methyl sites for hydroxylation is 2. The lowest BCUT2D eigenvalue weighted by molar-refractivity contribution is 0.608. The number of fused-ring (bicyclic) bond motifs is 2. The number of thiocarbonyl (C=S) groups is 1. The van der Waals surface area contributed by atoms with Gasteiger partial charge in [-0.1, -0.05) is 36.2 Å². The highest BCUT2D eigenvalue weighted by atomic mass is 32.1. The Kier molecular flexibility index (Phi) is 4.80. The van der Waals surface area contributed by atoms with Crippen molar-refractivity contribution in [2.24, 2.45) is 4.99 Å². The molecule has 4 nitrogen and oxygen atoms in total. The van der Waals surface area contributed by atoms with Gasteiger partial charge in [0.15, 0.2) is 5.11 Å². The van der Waals surface area contributed by atoms with E-state index in [0.717, 1.165) is 47.3 Å². The van der Waals surface area contributed by atoms with Gasteiger partial charge in [0.05, 0.1) is 5.52 Å². The predicted molar refractivity (Wildman–Crippen MR) is 110 cm³/mol. The molecule has 1 aromatic heterocycles. The molecular formula is C21H22N4S. The Hall–Kier alpha value is -2.53. The summed E-state index contributed by atoms with van der Waals surface area (Å²) in [6, 6.07) is 16.4. The van der Waals surface area contributed by atoms with Gasteiger partial charge < -0.3 is 9.88 Å². The van der Waals surface area contributed by atoms with E-state index >= 15 is 0 Å². The molecule has 26 heavy (non-hydrogen) atoms. The van der Waals surface area contributed by atoms with E-state index in [2.05, 4.69) is 41.1 Å². The predicted octanol–water partition coefficient (Wildman–Crippen LogP) is 4.37. The third kappa shape index (κ3) is 3.53. The number of hydrogen-bond donors (Lipinski definition) is 1. The molecule has 132 valence electrons. The van der Waals surface area contributed by atoms with Crippen molar-refractivity contribution in [2.45, 2.75) is 39.2 Å². The van der Waals surface area contributed by atoms with E-state index in [9.17, 15) is 0 Å². The van der Waals surface area contributed by atoms with Gasteiger partial charge in [0.2, 0.25) is 0 Å². The van der Waals surface area contributed by atoms with E-state index in [0.29, 0.717) is 5.11 Å². The van der Waals surface area contributed by atoms with E-state index in [4.69, 9.17) is 22.2 Å². The topological polar surface area (TPSA) is 42.2 Å². The summed E-state index contributed by atoms with van der Waals surface area (Å²) in [5.74, 6) is 1.11. The largest absolute Gasteiger partial charge is 0.331 e. The number of aromatic nitrogens is 2. The highest BCUT2D eigenvalue weighted by Crippen LogP contribution is 2.15. The molecule has 0 unspecified atom stereocenters. The van der Waals surface area contributed by atoms with Crippen LogP contribution in [0.2, 0.25) is 0 Å². The van der Waals surface area contributed by atoms with Gasteiger partial charge in [0, 0.05) is 24.0 Å². The summed E-state index contributed by atoms with van der Waals surface area (Å²) in [5, 5.41) is 4.76. The molecule has 0 saturated heterocycles. The lowest BCUT2D eigenvalue weighted by atomic mass is 10.2. The van der Waals surface area contributed by atoms with E-state index in [1.807, 2.05) is 24.3 Å². The van der Waals surface area contributed by atoms with Gasteiger partial charge in [-0.3, -0.25) is 0 Å². The third-order valence-corrected chi connectivity index (χ3v) is 4.95. The SMILES string of the molecule is Cc1ccc(NC(=S)N=c2c3ccccc3nc3n2CCCCC3)cc1. The molecule has 0 saturated carbocycles. The van der Waals surface area contributed by atoms with Crippen molar-refractivity contribution in [1.29, 1.82) is 0 Å². The Morgan fingerprint density at radius 1 is 1.08 bits per heavy atom. The van der Waals surface area contributed by atoms with E-state index in [1.165, 1.54) is 18.4 Å². The van der Waals surface area contributed by atoms with Crippen LogP contribution < -0.4 is 10.8 Å². The highest BCUT2D eigenvalue weighted by molar-refractivity contribution is 7.80. The first-order valence-corrected chi connectivity index (χ1v) is 9.52. The number of para-hydroxylation sites is 1. The molecule has 5 heteroatoms. The van der Waals surface area contributed by atoms with Crippen LogP contribution in [0, 0.1) is 6.92 Å². The first kappa shape index (κ1) is 16.9. The second-order valence-corrected chi connectivity index (χ2v) is 7.13. The minimum absolute atomic E-state index is 0.476. The maximum atomic E-state index is 5.54. The Bertz CT molecular complexity index is 1020. The summed E-state index contributed by atoms with van der Waals surface area (Å²) < 4.78 is 2.25. The Balaban J connectivity index is 1.80. The van der Waals surface area contributed by atoms with Crippen LogP contribution >= 0.6 is 12.2 Å². The summed E-state index contributed by atoms with van der Waals surface area (Å²) in [6.07, 6.45) is 4.55. The van der Waals surface area contributed by atoms with Crippen LogP contribution in [-0.4, -0.2) is 14.7 Å². The zero-order chi connectivity index (χ0) is 17.9. The summed E-state index contributed by atoms with van der Waals surface area (Å²) >= 11 is 5.54. The minimum atomic E-state index is 0.476. The van der Waals surface area contributed by atoms with Gasteiger partial charge in [-0.05, 0) is 56.2 Å². The van der Waals surface area contributed by atoms with Gasteiger partial charge in [-0.25, -0.2) is 9.98 Å². The monoisotopic (exact) mass is 362 g/mol. The molecule has 1 aliphatic rings. The zero-order valence-electron chi connectivity index (χ0n) is 14.9. The van der Waals surface area contributed by atoms with Gasteiger partial charge >= 0.3 is 0 Å². The molecule has 2 heterocycles. The van der Waals surface area contributed by atoms with Gasteiger partial charge in [0.25, 0.3) is 0 Å². The number of hydrogen-bond acceptors (Lipinski definition) is 2. The number of anilines is 1. The Labute approximate surface area is 158 Å². The molecule has 0 bridgehead atoms. The molecule has 0 spiro atoms. The standard InChI is InChI=1S/C21H22N4S/c1-15-10-12-16(13-11-15)22-21(26)24-20-17-7-4-5-8-18(17)23-19-9-3-2-6-14-25(19)20/h4-5,7-8,10-13H,2-3,6,9,14H2,1H3,(H,22,26). The lowest BCUT2D eigenvalue weighted by Crippen LogP contribution is -2.28. The van der Waals surface area contributed by atoms with Gasteiger partial charge in [-0.2, -0.15) is 0 Å². The zero-order valence-corrected chi connectivity index (χ0v) is 15.7. The van der Waals surface area contributed by atoms with Crippen molar-refractivity contribution in [3.8, 4) is 0 Å². The van der Waals surface area contributed by atoms with Crippen LogP contribution in [0.4, 0.5) is 5.69 Å². The quantitative estimate of drug-likeness (QED) is 0.654. The normalized spacial score (nSPS) is 14.7. The smallest absolute Gasteiger partial charge is 0.199 e. The van der Waals surface area contributed by atoms with Crippen LogP contribution in [0.25, 0.3) is 10.9 Å². The van der Waals surface area contributed by atoms with Gasteiger partial charge in [0.1, 0.15) is 11.3 Å². The van der Waals surface area contributed by atoms with E-state index in [1.54, 1.807) is 0 Å². The molecule has 4 rings (SSSR count). The summed E-state index contributed by atoms with van der Waals surface area (Å²) in [7, 11) is 0. The van der Waals surface area contributed by atoms with Crippen LogP contribution in [0.15, 0.2) is 53.5 Å². The average Bonchev–Trinajstić information content (AvgIpc) is 2.89. The molecule has 1 N–H and O–H groups in total. The van der Waals surface area contributed by atoms with Crippen LogP contribution in [-0.2, 0) is 13.0 Å². The molecule has 0 atom stereocenters. The molecule has 3 aromatic rings. The fourth-order valence-electron chi connectivity index (χ4n) is 3.39.